The first kappa shape index (κ1) is 8.46. The Hall–Kier alpha value is 0.360. The van der Waals surface area contributed by atoms with Crippen molar-refractivity contribution in [2.75, 3.05) is 7.05 Å². The van der Waals surface area contributed by atoms with E-state index in [9.17, 15) is 0 Å². The lowest BCUT2D eigenvalue weighted by atomic mass is 10.5. The summed E-state index contributed by atoms with van der Waals surface area (Å²) in [6.45, 7) is 0.723. The fourth-order valence-electron chi connectivity index (χ4n) is 0.582. The van der Waals surface area contributed by atoms with E-state index in [2.05, 4.69) is 26.2 Å². The predicted molar refractivity (Wildman–Crippen MR) is 47.6 cm³/mol. The molecule has 0 amide bonds. The summed E-state index contributed by atoms with van der Waals surface area (Å²) in [5.74, 6) is 0. The maximum Gasteiger partial charge on any atom is 0.160 e. The van der Waals surface area contributed by atoms with Gasteiger partial charge in [-0.3, -0.25) is 0 Å². The topological polar surface area (TPSA) is 24.9 Å². The smallest absolute Gasteiger partial charge is 0.160 e. The molecular weight excluding hydrogens is 235 g/mol. The lowest BCUT2D eigenvalue weighted by Crippen LogP contribution is -2.05. The van der Waals surface area contributed by atoms with Crippen molar-refractivity contribution in [3.05, 3.63) is 13.9 Å². The number of nitrogens with zero attached hydrogens (tertiary/aromatic N) is 1. The monoisotopic (exact) mass is 240 g/mol. The average Bonchev–Trinajstić information content (AvgIpc) is 2.13. The van der Waals surface area contributed by atoms with E-state index in [1.807, 2.05) is 7.05 Å². The van der Waals surface area contributed by atoms with Gasteiger partial charge in [0.1, 0.15) is 4.34 Å². The minimum Gasteiger partial charge on any atom is -0.314 e. The highest BCUT2D eigenvalue weighted by Crippen LogP contribution is 2.27. The molecule has 0 aromatic carbocycles. The minimum absolute atomic E-state index is 0.723. The predicted octanol–water partition coefficient (Wildman–Crippen LogP) is 2.28. The third-order valence-corrected chi connectivity index (χ3v) is 2.75. The number of hydrogen-bond donors (Lipinski definition) is 1. The Balaban J connectivity index is 2.81. The van der Waals surface area contributed by atoms with Crippen molar-refractivity contribution in [2.45, 2.75) is 6.54 Å². The Labute approximate surface area is 76.7 Å². The number of nitrogens with one attached hydrogen (secondary N) is 1. The lowest BCUT2D eigenvalue weighted by molar-refractivity contribution is 0.796. The first-order valence-electron chi connectivity index (χ1n) is 2.69. The van der Waals surface area contributed by atoms with Gasteiger partial charge in [-0.1, -0.05) is 22.9 Å². The van der Waals surface area contributed by atoms with Gasteiger partial charge in [-0.25, -0.2) is 4.98 Å². The van der Waals surface area contributed by atoms with Crippen LogP contribution in [0.1, 0.15) is 5.69 Å². The summed E-state index contributed by atoms with van der Waals surface area (Å²) >= 11 is 10.5. The third kappa shape index (κ3) is 1.92. The van der Waals surface area contributed by atoms with E-state index >= 15 is 0 Å². The van der Waals surface area contributed by atoms with Crippen LogP contribution in [-0.4, -0.2) is 12.0 Å². The van der Waals surface area contributed by atoms with Crippen LogP contribution in [0.5, 0.6) is 0 Å². The third-order valence-electron chi connectivity index (χ3n) is 0.968. The van der Waals surface area contributed by atoms with Crippen LogP contribution in [0.25, 0.3) is 0 Å². The van der Waals surface area contributed by atoms with Crippen LogP contribution in [0.15, 0.2) is 3.92 Å². The van der Waals surface area contributed by atoms with E-state index in [0.717, 1.165) is 20.5 Å². The maximum atomic E-state index is 5.81. The zero-order valence-electron chi connectivity index (χ0n) is 5.32. The van der Waals surface area contributed by atoms with E-state index in [-0.39, 0.29) is 0 Å². The highest BCUT2D eigenvalue weighted by molar-refractivity contribution is 9.11. The second kappa shape index (κ2) is 3.67. The van der Waals surface area contributed by atoms with Gasteiger partial charge in [-0.05, 0) is 23.0 Å². The molecule has 1 aromatic heterocycles. The molecule has 0 unspecified atom stereocenters. The summed E-state index contributed by atoms with van der Waals surface area (Å²) in [5.41, 5.74) is 0.904. The van der Waals surface area contributed by atoms with Gasteiger partial charge in [0.05, 0.1) is 5.69 Å². The van der Waals surface area contributed by atoms with Crippen molar-refractivity contribution < 1.29 is 0 Å². The molecular formula is C5H6BrClN2S. The van der Waals surface area contributed by atoms with E-state index in [1.54, 1.807) is 0 Å². The molecule has 0 spiro atoms. The quantitative estimate of drug-likeness (QED) is 0.859. The molecule has 0 aliphatic rings. The Morgan fingerprint density at radius 3 is 2.90 bits per heavy atom. The molecule has 0 saturated heterocycles. The second-order valence-electron chi connectivity index (χ2n) is 1.72. The molecule has 0 saturated carbocycles. The summed E-state index contributed by atoms with van der Waals surface area (Å²) in [5, 5.41) is 2.98. The van der Waals surface area contributed by atoms with Crippen LogP contribution in [0, 0.1) is 0 Å². The molecule has 0 aliphatic heterocycles. The molecule has 2 nitrogen and oxygen atoms in total. The van der Waals surface area contributed by atoms with Crippen molar-refractivity contribution in [2.24, 2.45) is 0 Å². The van der Waals surface area contributed by atoms with E-state index in [1.165, 1.54) is 11.3 Å². The van der Waals surface area contributed by atoms with E-state index in [0.29, 0.717) is 0 Å². The SMILES string of the molecule is CNCc1nc(Br)sc1Cl. The molecule has 1 aromatic rings. The molecule has 10 heavy (non-hydrogen) atoms. The van der Waals surface area contributed by atoms with Gasteiger partial charge in [-0.2, -0.15) is 0 Å². The molecule has 56 valence electrons. The van der Waals surface area contributed by atoms with Gasteiger partial charge < -0.3 is 5.32 Å². The van der Waals surface area contributed by atoms with Crippen molar-refractivity contribution in [1.82, 2.24) is 10.3 Å². The second-order valence-corrected chi connectivity index (χ2v) is 4.59. The van der Waals surface area contributed by atoms with Gasteiger partial charge in [0.25, 0.3) is 0 Å². The molecule has 1 N–H and O–H groups in total. The lowest BCUT2D eigenvalue weighted by Gasteiger charge is -1.91. The molecule has 0 aliphatic carbocycles. The van der Waals surface area contributed by atoms with E-state index in [4.69, 9.17) is 11.6 Å². The summed E-state index contributed by atoms with van der Waals surface area (Å²) in [4.78, 5) is 4.14. The standard InChI is InChI=1S/C5H6BrClN2S/c1-8-2-3-4(7)10-5(6)9-3/h8H,2H2,1H3. The molecule has 5 heteroatoms. The van der Waals surface area contributed by atoms with Crippen LogP contribution in [-0.2, 0) is 6.54 Å². The number of rotatable bonds is 2. The fraction of sp³-hybridized carbons (Fsp3) is 0.400. The fourth-order valence-corrected chi connectivity index (χ4v) is 2.43. The molecule has 0 bridgehead atoms. The summed E-state index contributed by atoms with van der Waals surface area (Å²) in [7, 11) is 1.86. The Kier molecular flexibility index (Phi) is 3.10. The summed E-state index contributed by atoms with van der Waals surface area (Å²) in [6.07, 6.45) is 0. The van der Waals surface area contributed by atoms with Crippen LogP contribution < -0.4 is 5.32 Å². The van der Waals surface area contributed by atoms with Crippen LogP contribution in [0.3, 0.4) is 0 Å². The van der Waals surface area contributed by atoms with Crippen molar-refractivity contribution in [3.8, 4) is 0 Å². The highest BCUT2D eigenvalue weighted by atomic mass is 79.9. The molecule has 0 atom stereocenters. The molecule has 0 fully saturated rings. The normalized spacial score (nSPS) is 10.3. The maximum absolute atomic E-state index is 5.81. The van der Waals surface area contributed by atoms with Gasteiger partial charge >= 0.3 is 0 Å². The molecule has 0 radical (unpaired) electrons. The summed E-state index contributed by atoms with van der Waals surface area (Å²) < 4.78 is 1.59. The first-order valence-corrected chi connectivity index (χ1v) is 4.68. The largest absolute Gasteiger partial charge is 0.314 e. The Morgan fingerprint density at radius 1 is 1.80 bits per heavy atom. The minimum atomic E-state index is 0.723. The highest BCUT2D eigenvalue weighted by Gasteiger charge is 2.04. The zero-order valence-corrected chi connectivity index (χ0v) is 8.48. The zero-order chi connectivity index (χ0) is 7.56. The van der Waals surface area contributed by atoms with Crippen molar-refractivity contribution >= 4 is 38.9 Å². The average molecular weight is 242 g/mol. The van der Waals surface area contributed by atoms with Gasteiger partial charge in [0, 0.05) is 6.54 Å². The van der Waals surface area contributed by atoms with Crippen LogP contribution in [0.4, 0.5) is 0 Å². The number of halogens is 2. The van der Waals surface area contributed by atoms with Crippen LogP contribution in [0.2, 0.25) is 4.34 Å². The van der Waals surface area contributed by atoms with Crippen LogP contribution >= 0.6 is 38.9 Å². The number of hydrogen-bond acceptors (Lipinski definition) is 3. The Morgan fingerprint density at radius 2 is 2.50 bits per heavy atom. The van der Waals surface area contributed by atoms with E-state index < -0.39 is 0 Å². The molecule has 1 heterocycles. The first-order chi connectivity index (χ1) is 4.74. The number of thiazole rings is 1. The number of aromatic nitrogens is 1. The van der Waals surface area contributed by atoms with Gasteiger partial charge in [0.2, 0.25) is 0 Å². The molecule has 1 rings (SSSR count). The Bertz CT molecular complexity index is 225. The summed E-state index contributed by atoms with van der Waals surface area (Å²) in [6, 6.07) is 0. The van der Waals surface area contributed by atoms with Gasteiger partial charge in [0.15, 0.2) is 3.92 Å². The van der Waals surface area contributed by atoms with Gasteiger partial charge in [-0.15, -0.1) is 0 Å². The van der Waals surface area contributed by atoms with Crippen molar-refractivity contribution in [1.29, 1.82) is 0 Å². The van der Waals surface area contributed by atoms with Crippen molar-refractivity contribution in [3.63, 3.8) is 0 Å².